The Morgan fingerprint density at radius 1 is 0.636 bits per heavy atom. The molecule has 0 aliphatic carbocycles. The quantitative estimate of drug-likeness (QED) is 0.0121. The van der Waals surface area contributed by atoms with Gasteiger partial charge in [0.05, 0.1) is 54.3 Å². The van der Waals surface area contributed by atoms with Gasteiger partial charge in [-0.3, -0.25) is 71.7 Å². The van der Waals surface area contributed by atoms with Gasteiger partial charge in [-0.25, -0.2) is 8.42 Å². The lowest BCUT2D eigenvalue weighted by atomic mass is 9.93. The highest BCUT2D eigenvalue weighted by Crippen LogP contribution is 2.47. The van der Waals surface area contributed by atoms with Gasteiger partial charge < -0.3 is 58.3 Å². The van der Waals surface area contributed by atoms with Crippen LogP contribution in [-0.4, -0.2) is 278 Å². The molecule has 4 heterocycles. The Kier molecular flexibility index (Phi) is 36.0. The average molecular weight is 1750 g/mol. The summed E-state index contributed by atoms with van der Waals surface area (Å²) in [5.41, 5.74) is 3.08. The largest absolute Gasteiger partial charge is 0.488 e. The van der Waals surface area contributed by atoms with Crippen molar-refractivity contribution in [2.75, 3.05) is 129 Å². The van der Waals surface area contributed by atoms with E-state index in [1.54, 1.807) is 87.0 Å². The minimum atomic E-state index is -4.80. The number of rotatable bonds is 41. The Balaban J connectivity index is 0.941. The molecule has 2 aromatic heterocycles. The third kappa shape index (κ3) is 33.3. The van der Waals surface area contributed by atoms with Crippen molar-refractivity contribution in [1.82, 2.24) is 60.4 Å². The molecule has 0 saturated carbocycles. The van der Waals surface area contributed by atoms with Crippen LogP contribution < -0.4 is 30.2 Å². The molecule has 0 spiro atoms. The van der Waals surface area contributed by atoms with Crippen molar-refractivity contribution >= 4 is 84.9 Å². The number of amides is 3. The van der Waals surface area contributed by atoms with Crippen molar-refractivity contribution in [1.29, 1.82) is 0 Å². The lowest BCUT2D eigenvalue weighted by molar-refractivity contribution is -0.163. The van der Waals surface area contributed by atoms with Gasteiger partial charge in [-0.15, -0.1) is 5.10 Å². The van der Waals surface area contributed by atoms with E-state index < -0.39 is 120 Å². The van der Waals surface area contributed by atoms with Crippen LogP contribution in [-0.2, 0) is 120 Å². The first kappa shape index (κ1) is 97.3. The third-order valence-electron chi connectivity index (χ3n) is 18.6. The third-order valence-corrected chi connectivity index (χ3v) is 23.6. The number of benzene rings is 3. The van der Waals surface area contributed by atoms with Gasteiger partial charge in [0.1, 0.15) is 83.4 Å². The fraction of sp³-hybridized carbons (Fsp3) is 0.603. The number of nitrogens with one attached hydrogen (secondary N) is 3. The number of hydrogen-bond acceptors (Lipinski definition) is 29. The summed E-state index contributed by atoms with van der Waals surface area (Å²) in [6, 6.07) is 11.6. The predicted molar refractivity (Wildman–Crippen MR) is 440 cm³/mol. The lowest BCUT2D eigenvalue weighted by Gasteiger charge is -2.36. The number of piperazine rings is 1. The summed E-state index contributed by atoms with van der Waals surface area (Å²) in [4.78, 5) is 95.2. The summed E-state index contributed by atoms with van der Waals surface area (Å²) in [6.45, 7) is 26.4. The van der Waals surface area contributed by atoms with Crippen LogP contribution in [0.25, 0.3) is 11.1 Å². The number of esters is 3. The monoisotopic (exact) mass is 1750 g/mol. The summed E-state index contributed by atoms with van der Waals surface area (Å²) < 4.78 is 156. The Morgan fingerprint density at radius 2 is 1.19 bits per heavy atom. The SMILES string of the molecule is CCOP(=O)(CCNC(=O)[C@H](CS(=O)(=O)O)NCc1cc(Cl)c(OCc2cccc(-c3cccc(OCc4cn(CCCN5CCN(C(=O)[C@H](CS(=O)(=O)O)NC(=O)CC[C@H](C(=O)OC(C)(C)C)N6CCN(CC(=O)OC(C)(C)C)CCN(CC(=O)OC(C)(C)C)CC6)CC5)nn4)c3C)c2C)cc1OCc1cncc(S(C)(=O)=O)c1)OCC. The van der Waals surface area contributed by atoms with Crippen molar-refractivity contribution < 1.29 is 105 Å². The first-order valence-electron chi connectivity index (χ1n) is 39.0. The first-order chi connectivity index (χ1) is 55.1. The number of hydrogen-bond donors (Lipinski definition) is 5. The van der Waals surface area contributed by atoms with Crippen LogP contribution in [0.2, 0.25) is 5.02 Å². The van der Waals surface area contributed by atoms with E-state index in [1.807, 2.05) is 64.9 Å². The van der Waals surface area contributed by atoms with Crippen molar-refractivity contribution in [3.8, 4) is 28.4 Å². The molecular weight excluding hydrogens is 1640 g/mol. The molecule has 40 heteroatoms. The molecule has 2 aliphatic heterocycles. The van der Waals surface area contributed by atoms with Gasteiger partial charge in [0.25, 0.3) is 20.2 Å². The maximum Gasteiger partial charge on any atom is 0.332 e. The normalized spacial score (nSPS) is 15.7. The van der Waals surface area contributed by atoms with E-state index in [4.69, 9.17) is 49.1 Å². The maximum atomic E-state index is 14.2. The summed E-state index contributed by atoms with van der Waals surface area (Å²) >= 11 is 6.92. The van der Waals surface area contributed by atoms with E-state index in [2.05, 4.69) is 36.1 Å². The number of carbonyl (C=O) groups excluding carboxylic acids is 6. The minimum Gasteiger partial charge on any atom is -0.488 e. The molecular formula is C78H116ClN12O23PS3. The van der Waals surface area contributed by atoms with Crippen LogP contribution in [0.3, 0.4) is 0 Å². The van der Waals surface area contributed by atoms with Crippen molar-refractivity contribution in [3.05, 3.63) is 112 Å². The second-order valence-electron chi connectivity index (χ2n) is 31.9. The zero-order valence-electron chi connectivity index (χ0n) is 69.8. The molecule has 5 aromatic rings. The van der Waals surface area contributed by atoms with Crippen LogP contribution in [0.5, 0.6) is 17.2 Å². The number of aromatic nitrogens is 4. The predicted octanol–water partition coefficient (Wildman–Crippen LogP) is 6.48. The van der Waals surface area contributed by atoms with E-state index in [1.165, 1.54) is 35.5 Å². The van der Waals surface area contributed by atoms with Gasteiger partial charge in [-0.2, -0.15) is 16.8 Å². The molecule has 2 saturated heterocycles. The molecule has 656 valence electrons. The number of nitrogens with zero attached hydrogens (tertiary/aromatic N) is 9. The topological polar surface area (TPSA) is 432 Å². The zero-order valence-corrected chi connectivity index (χ0v) is 73.9. The molecule has 0 bridgehead atoms. The van der Waals surface area contributed by atoms with Crippen molar-refractivity contribution in [3.63, 3.8) is 0 Å². The fourth-order valence-electron chi connectivity index (χ4n) is 13.1. The number of sulfone groups is 1. The van der Waals surface area contributed by atoms with Crippen LogP contribution in [0, 0.1) is 13.8 Å². The minimum absolute atomic E-state index is 0.0126. The molecule has 2 aliphatic rings. The highest BCUT2D eigenvalue weighted by molar-refractivity contribution is 7.90. The second kappa shape index (κ2) is 43.6. The maximum absolute atomic E-state index is 14.2. The molecule has 5 N–H and O–H groups in total. The summed E-state index contributed by atoms with van der Waals surface area (Å²) in [5.74, 6) is -5.10. The number of carbonyl (C=O) groups is 6. The molecule has 7 rings (SSSR count). The molecule has 35 nitrogen and oxygen atoms in total. The van der Waals surface area contributed by atoms with Gasteiger partial charge in [-0.1, -0.05) is 47.1 Å². The van der Waals surface area contributed by atoms with Gasteiger partial charge in [0.2, 0.25) is 17.7 Å². The van der Waals surface area contributed by atoms with E-state index >= 15 is 0 Å². The Labute approximate surface area is 697 Å². The number of aryl methyl sites for hydroxylation is 1. The first-order valence-corrected chi connectivity index (χ1v) is 46.2. The Hall–Kier alpha value is -7.82. The second-order valence-corrected chi connectivity index (χ2v) is 39.5. The van der Waals surface area contributed by atoms with Crippen molar-refractivity contribution in [2.24, 2.45) is 0 Å². The fourth-order valence-corrected chi connectivity index (χ4v) is 16.8. The van der Waals surface area contributed by atoms with Crippen LogP contribution in [0.15, 0.2) is 78.1 Å². The van der Waals surface area contributed by atoms with Gasteiger partial charge in [-0.05, 0) is 149 Å². The van der Waals surface area contributed by atoms with Gasteiger partial charge >= 0.3 is 25.5 Å². The number of halogens is 1. The highest BCUT2D eigenvalue weighted by Gasteiger charge is 2.37. The van der Waals surface area contributed by atoms with E-state index in [9.17, 15) is 67.7 Å². The van der Waals surface area contributed by atoms with E-state index in [-0.39, 0.29) is 126 Å². The molecule has 0 radical (unpaired) electrons. The standard InChI is InChI=1S/C78H116ClN12O23PS3/c1-15-110-115(98,111-16-2)39-26-81-73(95)64(52-117(101,102)103)82-44-58-41-63(79)69(42-68(58)107-49-56-40-60(45-80-43-56)116(14,99)100)108-50-57-20-17-21-61(54(57)3)62-22-18-23-67(55(62)4)109-51-59-46-91(85-84-59)28-19-27-86-31-37-90(38-32-86)74(96)65(53-118(104,105)106)83-70(92)25-24-66(75(97)114-78(11,12)13)89-35-33-87(47-71(93)112-76(5,6)7)29-30-88(34-36-89)48-72(94)113-77(8,9)10/h17-18,20-23,40-43,45-46,64-66,82H,15-16,19,24-39,44,47-53H2,1-14H3,(H,81,95)(H,83,92)(H,101,102,103)(H,104,105,106)/t64-,65-,66+/m0/s1. The van der Waals surface area contributed by atoms with E-state index in [0.717, 1.165) is 34.1 Å². The van der Waals surface area contributed by atoms with E-state index in [0.29, 0.717) is 81.3 Å². The molecule has 3 atom stereocenters. The zero-order chi connectivity index (χ0) is 87.1. The molecule has 3 amide bonds. The summed E-state index contributed by atoms with van der Waals surface area (Å²) in [6.07, 6.45) is 5.39. The molecule has 0 unspecified atom stereocenters. The van der Waals surface area contributed by atoms with Crippen molar-refractivity contribution in [2.45, 2.75) is 182 Å². The molecule has 3 aromatic carbocycles. The number of pyridine rings is 1. The molecule has 118 heavy (non-hydrogen) atoms. The van der Waals surface area contributed by atoms with Gasteiger partial charge in [0, 0.05) is 134 Å². The average Bonchev–Trinajstić information content (AvgIpc) is 0.838. The lowest BCUT2D eigenvalue weighted by Crippen LogP contribution is -2.57. The molecule has 2 fully saturated rings. The van der Waals surface area contributed by atoms with Crippen LogP contribution in [0.1, 0.15) is 129 Å². The Morgan fingerprint density at radius 3 is 1.78 bits per heavy atom. The highest BCUT2D eigenvalue weighted by atomic mass is 35.5. The number of ether oxygens (including phenoxy) is 6. The van der Waals surface area contributed by atoms with Crippen LogP contribution >= 0.6 is 19.2 Å². The van der Waals surface area contributed by atoms with Gasteiger partial charge in [0.15, 0.2) is 9.84 Å². The summed E-state index contributed by atoms with van der Waals surface area (Å²) in [7, 11) is -16.8. The van der Waals surface area contributed by atoms with Crippen LogP contribution in [0.4, 0.5) is 0 Å². The summed E-state index contributed by atoms with van der Waals surface area (Å²) in [5, 5.41) is 16.7. The Bertz CT molecular complexity index is 4620. The smallest absolute Gasteiger partial charge is 0.332 e.